The number of rotatable bonds is 6. The highest BCUT2D eigenvalue weighted by atomic mass is 14.9. The zero-order valence-corrected chi connectivity index (χ0v) is 15.9. The second kappa shape index (κ2) is 7.43. The molecule has 3 nitrogen and oxygen atoms in total. The molecule has 0 spiro atoms. The SMILES string of the molecule is C1=Cc2cc(CCc3nccc(CCc4ccc5cc[nH]c5c4)n3)ccc2C1. The lowest BCUT2D eigenvalue weighted by atomic mass is 10.0. The van der Waals surface area contributed by atoms with Crippen LogP contribution in [0.2, 0.25) is 0 Å². The van der Waals surface area contributed by atoms with Gasteiger partial charge in [-0.3, -0.25) is 0 Å². The maximum Gasteiger partial charge on any atom is 0.128 e. The van der Waals surface area contributed by atoms with Crippen molar-refractivity contribution >= 4 is 17.0 Å². The maximum atomic E-state index is 4.79. The number of allylic oxidation sites excluding steroid dienone is 1. The molecule has 2 aromatic carbocycles. The Kier molecular flexibility index (Phi) is 4.50. The van der Waals surface area contributed by atoms with Crippen LogP contribution in [0.4, 0.5) is 0 Å². The van der Waals surface area contributed by atoms with Crippen molar-refractivity contribution in [2.75, 3.05) is 0 Å². The Labute approximate surface area is 165 Å². The number of aromatic nitrogens is 3. The van der Waals surface area contributed by atoms with Crippen molar-refractivity contribution in [2.24, 2.45) is 0 Å². The van der Waals surface area contributed by atoms with Crippen molar-refractivity contribution in [3.05, 3.63) is 101 Å². The third-order valence-corrected chi connectivity index (χ3v) is 5.54. The van der Waals surface area contributed by atoms with Crippen molar-refractivity contribution in [1.82, 2.24) is 15.0 Å². The first-order valence-corrected chi connectivity index (χ1v) is 9.99. The molecule has 4 aromatic rings. The number of aryl methyl sites for hydroxylation is 4. The van der Waals surface area contributed by atoms with Gasteiger partial charge in [-0.25, -0.2) is 9.97 Å². The van der Waals surface area contributed by atoms with Gasteiger partial charge >= 0.3 is 0 Å². The number of hydrogen-bond acceptors (Lipinski definition) is 2. The predicted octanol–water partition coefficient (Wildman–Crippen LogP) is 5.10. The zero-order chi connectivity index (χ0) is 18.8. The lowest BCUT2D eigenvalue weighted by Crippen LogP contribution is -2.02. The second-order valence-corrected chi connectivity index (χ2v) is 7.50. The molecule has 1 N–H and O–H groups in total. The lowest BCUT2D eigenvalue weighted by Gasteiger charge is -2.06. The Bertz CT molecular complexity index is 1150. The quantitative estimate of drug-likeness (QED) is 0.517. The minimum atomic E-state index is 0.880. The molecule has 3 heteroatoms. The van der Waals surface area contributed by atoms with Gasteiger partial charge < -0.3 is 4.98 Å². The smallest absolute Gasteiger partial charge is 0.128 e. The van der Waals surface area contributed by atoms with Crippen molar-refractivity contribution in [3.8, 4) is 0 Å². The van der Waals surface area contributed by atoms with Gasteiger partial charge in [0.25, 0.3) is 0 Å². The van der Waals surface area contributed by atoms with Gasteiger partial charge in [0.05, 0.1) is 0 Å². The summed E-state index contributed by atoms with van der Waals surface area (Å²) in [4.78, 5) is 12.6. The Hall–Kier alpha value is -3.20. The molecule has 0 saturated carbocycles. The van der Waals surface area contributed by atoms with Crippen molar-refractivity contribution in [2.45, 2.75) is 32.1 Å². The van der Waals surface area contributed by atoms with Crippen LogP contribution >= 0.6 is 0 Å². The molecule has 0 saturated heterocycles. The Morgan fingerprint density at radius 1 is 0.857 bits per heavy atom. The molecule has 0 fully saturated rings. The van der Waals surface area contributed by atoms with Crippen LogP contribution in [0.3, 0.4) is 0 Å². The molecule has 0 unspecified atom stereocenters. The van der Waals surface area contributed by atoms with E-state index < -0.39 is 0 Å². The number of nitrogens with zero attached hydrogens (tertiary/aromatic N) is 2. The number of H-pyrrole nitrogens is 1. The molecule has 5 rings (SSSR count). The molecule has 28 heavy (non-hydrogen) atoms. The van der Waals surface area contributed by atoms with Crippen molar-refractivity contribution in [1.29, 1.82) is 0 Å². The van der Waals surface area contributed by atoms with Gasteiger partial charge in [0, 0.05) is 30.0 Å². The first kappa shape index (κ1) is 16.9. The van der Waals surface area contributed by atoms with Crippen LogP contribution in [-0.4, -0.2) is 15.0 Å². The summed E-state index contributed by atoms with van der Waals surface area (Å²) in [5, 5.41) is 1.26. The zero-order valence-electron chi connectivity index (χ0n) is 15.9. The van der Waals surface area contributed by atoms with E-state index in [0.29, 0.717) is 0 Å². The highest BCUT2D eigenvalue weighted by molar-refractivity contribution is 5.79. The Morgan fingerprint density at radius 2 is 1.75 bits per heavy atom. The van der Waals surface area contributed by atoms with Crippen LogP contribution in [0.5, 0.6) is 0 Å². The van der Waals surface area contributed by atoms with E-state index in [9.17, 15) is 0 Å². The third-order valence-electron chi connectivity index (χ3n) is 5.54. The summed E-state index contributed by atoms with van der Waals surface area (Å²) in [6, 6.07) is 17.6. The molecule has 0 aliphatic heterocycles. The summed E-state index contributed by atoms with van der Waals surface area (Å²) in [7, 11) is 0. The van der Waals surface area contributed by atoms with Gasteiger partial charge in [0.15, 0.2) is 0 Å². The summed E-state index contributed by atoms with van der Waals surface area (Å²) in [5.41, 5.74) is 7.81. The van der Waals surface area contributed by atoms with E-state index in [2.05, 4.69) is 64.6 Å². The summed E-state index contributed by atoms with van der Waals surface area (Å²) in [6.45, 7) is 0. The lowest BCUT2D eigenvalue weighted by molar-refractivity contribution is 0.814. The van der Waals surface area contributed by atoms with Gasteiger partial charge in [-0.1, -0.05) is 42.5 Å². The summed E-state index contributed by atoms with van der Waals surface area (Å²) >= 11 is 0. The minimum Gasteiger partial charge on any atom is -0.361 e. The molecule has 2 heterocycles. The van der Waals surface area contributed by atoms with Crippen LogP contribution in [0.15, 0.2) is 67.0 Å². The van der Waals surface area contributed by atoms with Crippen LogP contribution in [0.1, 0.15) is 33.8 Å². The van der Waals surface area contributed by atoms with Gasteiger partial charge in [-0.2, -0.15) is 0 Å². The number of hydrogen-bond donors (Lipinski definition) is 1. The second-order valence-electron chi connectivity index (χ2n) is 7.50. The highest BCUT2D eigenvalue weighted by Crippen LogP contribution is 2.21. The molecule has 0 atom stereocenters. The summed E-state index contributed by atoms with van der Waals surface area (Å²) in [6.07, 6.45) is 13.2. The summed E-state index contributed by atoms with van der Waals surface area (Å²) in [5.74, 6) is 0.938. The van der Waals surface area contributed by atoms with E-state index in [4.69, 9.17) is 4.98 Å². The standard InChI is InChI=1S/C25H23N3/c1-2-20-8-4-18(16-22(20)3-1)7-11-25-27-15-13-23(28-25)10-6-19-5-9-21-12-14-26-24(21)17-19/h1,3-5,8-9,12-17,26H,2,6-7,10-11H2. The van der Waals surface area contributed by atoms with E-state index in [0.717, 1.165) is 43.6 Å². The fourth-order valence-corrected chi connectivity index (χ4v) is 3.93. The molecule has 0 radical (unpaired) electrons. The fourth-order valence-electron chi connectivity index (χ4n) is 3.93. The van der Waals surface area contributed by atoms with Gasteiger partial charge in [0.2, 0.25) is 0 Å². The van der Waals surface area contributed by atoms with Gasteiger partial charge in [-0.15, -0.1) is 0 Å². The number of benzene rings is 2. The van der Waals surface area contributed by atoms with Crippen LogP contribution in [0.25, 0.3) is 17.0 Å². The van der Waals surface area contributed by atoms with Crippen LogP contribution in [0, 0.1) is 0 Å². The average Bonchev–Trinajstić information content (AvgIpc) is 3.39. The topological polar surface area (TPSA) is 41.6 Å². The number of nitrogens with one attached hydrogen (secondary N) is 1. The predicted molar refractivity (Wildman–Crippen MR) is 114 cm³/mol. The van der Waals surface area contributed by atoms with Gasteiger partial charge in [0.1, 0.15) is 5.82 Å². The van der Waals surface area contributed by atoms with E-state index in [1.165, 1.54) is 33.2 Å². The fraction of sp³-hybridized carbons (Fsp3) is 0.200. The largest absolute Gasteiger partial charge is 0.361 e. The Balaban J connectivity index is 1.22. The monoisotopic (exact) mass is 365 g/mol. The molecule has 1 aliphatic carbocycles. The molecule has 0 amide bonds. The average molecular weight is 365 g/mol. The maximum absolute atomic E-state index is 4.79. The minimum absolute atomic E-state index is 0.880. The van der Waals surface area contributed by atoms with Crippen LogP contribution in [-0.2, 0) is 32.1 Å². The van der Waals surface area contributed by atoms with Crippen molar-refractivity contribution in [3.63, 3.8) is 0 Å². The van der Waals surface area contributed by atoms with E-state index >= 15 is 0 Å². The molecule has 2 aromatic heterocycles. The van der Waals surface area contributed by atoms with E-state index in [1.807, 2.05) is 18.5 Å². The molecule has 1 aliphatic rings. The first-order chi connectivity index (χ1) is 13.8. The molecular formula is C25H23N3. The van der Waals surface area contributed by atoms with Gasteiger partial charge in [-0.05, 0) is 71.5 Å². The number of fused-ring (bicyclic) bond motifs is 2. The molecule has 0 bridgehead atoms. The highest BCUT2D eigenvalue weighted by Gasteiger charge is 2.07. The summed E-state index contributed by atoms with van der Waals surface area (Å²) < 4.78 is 0. The third kappa shape index (κ3) is 3.61. The number of aromatic amines is 1. The molecule has 138 valence electrons. The van der Waals surface area contributed by atoms with E-state index in [-0.39, 0.29) is 0 Å². The first-order valence-electron chi connectivity index (χ1n) is 9.99. The van der Waals surface area contributed by atoms with Crippen LogP contribution < -0.4 is 0 Å². The molecular weight excluding hydrogens is 342 g/mol. The van der Waals surface area contributed by atoms with Crippen molar-refractivity contribution < 1.29 is 0 Å². The normalized spacial score (nSPS) is 12.6. The van der Waals surface area contributed by atoms with E-state index in [1.54, 1.807) is 0 Å². The Morgan fingerprint density at radius 3 is 2.75 bits per heavy atom.